The fourth-order valence-corrected chi connectivity index (χ4v) is 3.41. The van der Waals surface area contributed by atoms with E-state index >= 15 is 0 Å². The van der Waals surface area contributed by atoms with Crippen LogP contribution in [0.4, 0.5) is 10.5 Å². The Labute approximate surface area is 144 Å². The number of ketones is 1. The molecule has 2 atom stereocenters. The van der Waals surface area contributed by atoms with Gasteiger partial charge < -0.3 is 10.0 Å². The van der Waals surface area contributed by atoms with Crippen LogP contribution < -0.4 is 4.90 Å². The zero-order valence-electron chi connectivity index (χ0n) is 13.3. The van der Waals surface area contributed by atoms with E-state index in [9.17, 15) is 19.5 Å². The van der Waals surface area contributed by atoms with Crippen molar-refractivity contribution in [3.63, 3.8) is 0 Å². The van der Waals surface area contributed by atoms with Crippen molar-refractivity contribution in [1.82, 2.24) is 4.90 Å². The van der Waals surface area contributed by atoms with Crippen molar-refractivity contribution >= 4 is 23.4 Å². The Hall–Kier alpha value is -2.99. The zero-order valence-corrected chi connectivity index (χ0v) is 13.3. The number of amides is 3. The van der Waals surface area contributed by atoms with Crippen LogP contribution in [0.25, 0.3) is 0 Å². The number of rotatable bonds is 3. The third-order valence-electron chi connectivity index (χ3n) is 4.62. The Morgan fingerprint density at radius 2 is 1.72 bits per heavy atom. The maximum atomic E-state index is 12.6. The quantitative estimate of drug-likeness (QED) is 0.685. The molecule has 1 N–H and O–H groups in total. The van der Waals surface area contributed by atoms with Crippen molar-refractivity contribution in [2.24, 2.45) is 0 Å². The first-order valence-corrected chi connectivity index (χ1v) is 8.08. The molecule has 2 heterocycles. The van der Waals surface area contributed by atoms with Crippen LogP contribution in [0.3, 0.4) is 0 Å². The van der Waals surface area contributed by atoms with Crippen LogP contribution >= 0.6 is 0 Å². The molecule has 0 saturated carbocycles. The van der Waals surface area contributed by atoms with Gasteiger partial charge in [-0.05, 0) is 12.1 Å². The number of aliphatic hydroxyl groups is 1. The van der Waals surface area contributed by atoms with Crippen LogP contribution in [-0.4, -0.2) is 46.4 Å². The number of carbonyl (C=O) groups is 3. The molecule has 2 aliphatic heterocycles. The van der Waals surface area contributed by atoms with Crippen molar-refractivity contribution in [1.29, 1.82) is 0 Å². The van der Waals surface area contributed by atoms with Gasteiger partial charge in [-0.25, -0.2) is 9.69 Å². The van der Waals surface area contributed by atoms with E-state index in [0.717, 1.165) is 4.90 Å². The molecule has 0 spiro atoms. The van der Waals surface area contributed by atoms with Crippen LogP contribution in [0.15, 0.2) is 54.6 Å². The summed E-state index contributed by atoms with van der Waals surface area (Å²) < 4.78 is 0. The van der Waals surface area contributed by atoms with Crippen LogP contribution in [0.1, 0.15) is 22.3 Å². The fraction of sp³-hybridized carbons (Fsp3) is 0.211. The molecule has 0 bridgehead atoms. The molecule has 2 fully saturated rings. The highest BCUT2D eigenvalue weighted by molar-refractivity contribution is 6.22. The van der Waals surface area contributed by atoms with E-state index in [4.69, 9.17) is 0 Å². The smallest absolute Gasteiger partial charge is 0.332 e. The van der Waals surface area contributed by atoms with Crippen LogP contribution in [0, 0.1) is 0 Å². The number of imide groups is 1. The first-order chi connectivity index (χ1) is 12.1. The lowest BCUT2D eigenvalue weighted by molar-refractivity contribution is -0.119. The van der Waals surface area contributed by atoms with Gasteiger partial charge in [0.25, 0.3) is 5.91 Å². The van der Waals surface area contributed by atoms with E-state index < -0.39 is 18.2 Å². The number of hydrogen-bond acceptors (Lipinski definition) is 4. The maximum absolute atomic E-state index is 12.6. The lowest BCUT2D eigenvalue weighted by atomic mass is 10.0. The molecule has 2 aromatic rings. The van der Waals surface area contributed by atoms with Gasteiger partial charge in [-0.3, -0.25) is 9.59 Å². The number of benzene rings is 2. The van der Waals surface area contributed by atoms with E-state index in [2.05, 4.69) is 0 Å². The first-order valence-electron chi connectivity index (χ1n) is 8.08. The lowest BCUT2D eigenvalue weighted by Gasteiger charge is -2.17. The standard InChI is InChI=1S/C19H16N2O4/c22-15-10-16-18(24)21(19(25)20(16)11-15)14-8-4-7-13(9-14)17(23)12-5-2-1-3-6-12/h1-9,15-16,22H,10-11H2/t15-,16+/m1/s1. The van der Waals surface area contributed by atoms with Gasteiger partial charge in [0.15, 0.2) is 5.78 Å². The topological polar surface area (TPSA) is 77.9 Å². The number of urea groups is 1. The van der Waals surface area contributed by atoms with Gasteiger partial charge in [0.05, 0.1) is 11.8 Å². The van der Waals surface area contributed by atoms with Crippen molar-refractivity contribution in [2.45, 2.75) is 18.6 Å². The SMILES string of the molecule is O=C(c1ccccc1)c1cccc(N2C(=O)[C@@H]3C[C@@H](O)CN3C2=O)c1. The molecule has 0 aliphatic carbocycles. The highest BCUT2D eigenvalue weighted by Crippen LogP contribution is 2.32. The molecule has 2 aliphatic rings. The zero-order chi connectivity index (χ0) is 17.6. The molecule has 4 rings (SSSR count). The summed E-state index contributed by atoms with van der Waals surface area (Å²) in [4.78, 5) is 40.2. The summed E-state index contributed by atoms with van der Waals surface area (Å²) in [7, 11) is 0. The second-order valence-corrected chi connectivity index (χ2v) is 6.26. The van der Waals surface area contributed by atoms with Gasteiger partial charge in [0.2, 0.25) is 0 Å². The Kier molecular flexibility index (Phi) is 3.62. The summed E-state index contributed by atoms with van der Waals surface area (Å²) in [5.74, 6) is -0.525. The summed E-state index contributed by atoms with van der Waals surface area (Å²) in [6.07, 6.45) is -0.407. The van der Waals surface area contributed by atoms with E-state index in [0.29, 0.717) is 16.8 Å². The van der Waals surface area contributed by atoms with Crippen LogP contribution in [0.2, 0.25) is 0 Å². The van der Waals surface area contributed by atoms with E-state index in [1.54, 1.807) is 48.5 Å². The first kappa shape index (κ1) is 15.5. The number of carbonyl (C=O) groups excluding carboxylic acids is 3. The Morgan fingerprint density at radius 1 is 1.00 bits per heavy atom. The normalized spacial score (nSPS) is 22.4. The number of anilines is 1. The van der Waals surface area contributed by atoms with E-state index in [1.807, 2.05) is 6.07 Å². The minimum absolute atomic E-state index is 0.161. The van der Waals surface area contributed by atoms with Gasteiger partial charge in [-0.15, -0.1) is 0 Å². The Morgan fingerprint density at radius 3 is 2.44 bits per heavy atom. The predicted octanol–water partition coefficient (Wildman–Crippen LogP) is 1.82. The molecule has 25 heavy (non-hydrogen) atoms. The average Bonchev–Trinajstić information content (AvgIpc) is 3.13. The van der Waals surface area contributed by atoms with Gasteiger partial charge in [0.1, 0.15) is 6.04 Å². The third-order valence-corrected chi connectivity index (χ3v) is 4.62. The average molecular weight is 336 g/mol. The van der Waals surface area contributed by atoms with Gasteiger partial charge >= 0.3 is 6.03 Å². The summed E-state index contributed by atoms with van der Waals surface area (Å²) in [5, 5.41) is 9.66. The van der Waals surface area contributed by atoms with Gasteiger partial charge in [-0.1, -0.05) is 42.5 Å². The molecule has 2 aromatic carbocycles. The number of fused-ring (bicyclic) bond motifs is 1. The number of hydrogen-bond donors (Lipinski definition) is 1. The summed E-state index contributed by atoms with van der Waals surface area (Å²) >= 11 is 0. The summed E-state index contributed by atoms with van der Waals surface area (Å²) in [5.41, 5.74) is 1.33. The minimum atomic E-state index is -0.661. The second-order valence-electron chi connectivity index (χ2n) is 6.26. The predicted molar refractivity (Wildman–Crippen MR) is 90.3 cm³/mol. The van der Waals surface area contributed by atoms with Crippen molar-refractivity contribution in [3.05, 3.63) is 65.7 Å². The summed E-state index contributed by atoms with van der Waals surface area (Å²) in [6.45, 7) is 0.161. The van der Waals surface area contributed by atoms with Gasteiger partial charge in [-0.2, -0.15) is 0 Å². The third kappa shape index (κ3) is 2.51. The Balaban J connectivity index is 1.66. The molecular weight excluding hydrogens is 320 g/mol. The number of nitrogens with zero attached hydrogens (tertiary/aromatic N) is 2. The van der Waals surface area contributed by atoms with Crippen LogP contribution in [0.5, 0.6) is 0 Å². The monoisotopic (exact) mass is 336 g/mol. The second kappa shape index (κ2) is 5.82. The van der Waals surface area contributed by atoms with Gasteiger partial charge in [0, 0.05) is 24.1 Å². The molecular formula is C19H16N2O4. The fourth-order valence-electron chi connectivity index (χ4n) is 3.41. The van der Waals surface area contributed by atoms with Crippen molar-refractivity contribution < 1.29 is 19.5 Å². The maximum Gasteiger partial charge on any atom is 0.332 e. The molecule has 126 valence electrons. The molecule has 0 unspecified atom stereocenters. The van der Waals surface area contributed by atoms with E-state index in [1.165, 1.54) is 4.90 Å². The van der Waals surface area contributed by atoms with Crippen LogP contribution in [-0.2, 0) is 4.79 Å². The molecule has 0 aromatic heterocycles. The minimum Gasteiger partial charge on any atom is -0.391 e. The largest absolute Gasteiger partial charge is 0.391 e. The highest BCUT2D eigenvalue weighted by Gasteiger charge is 2.50. The van der Waals surface area contributed by atoms with Crippen molar-refractivity contribution in [3.8, 4) is 0 Å². The van der Waals surface area contributed by atoms with Crippen molar-refractivity contribution in [2.75, 3.05) is 11.4 Å². The highest BCUT2D eigenvalue weighted by atomic mass is 16.3. The molecule has 6 nitrogen and oxygen atoms in total. The lowest BCUT2D eigenvalue weighted by Crippen LogP contribution is -2.35. The molecule has 2 saturated heterocycles. The molecule has 0 radical (unpaired) electrons. The Bertz CT molecular complexity index is 841. The molecule has 3 amide bonds. The summed E-state index contributed by atoms with van der Waals surface area (Å²) in [6, 6.07) is 14.3. The number of aliphatic hydroxyl groups excluding tert-OH is 1. The van der Waals surface area contributed by atoms with E-state index in [-0.39, 0.29) is 24.7 Å². The molecule has 6 heteroatoms.